The van der Waals surface area contributed by atoms with E-state index < -0.39 is 0 Å². The molecule has 0 saturated carbocycles. The zero-order valence-corrected chi connectivity index (χ0v) is 9.76. The highest BCUT2D eigenvalue weighted by Crippen LogP contribution is 2.19. The highest BCUT2D eigenvalue weighted by atomic mass is 35.5. The van der Waals surface area contributed by atoms with Gasteiger partial charge in [-0.05, 0) is 19.1 Å². The normalized spacial score (nSPS) is 10.9. The van der Waals surface area contributed by atoms with Gasteiger partial charge in [-0.2, -0.15) is 0 Å². The van der Waals surface area contributed by atoms with Crippen LogP contribution in [0.4, 0.5) is 4.39 Å². The number of halogens is 2. The van der Waals surface area contributed by atoms with Crippen LogP contribution in [0.3, 0.4) is 0 Å². The number of benzene rings is 1. The monoisotopic (exact) mass is 238 g/mol. The highest BCUT2D eigenvalue weighted by molar-refractivity contribution is 6.16. The molecule has 16 heavy (non-hydrogen) atoms. The summed E-state index contributed by atoms with van der Waals surface area (Å²) >= 11 is 5.82. The molecule has 0 N–H and O–H groups in total. The fraction of sp³-hybridized carbons (Fsp3) is 0.250. The van der Waals surface area contributed by atoms with Crippen molar-refractivity contribution in [3.05, 3.63) is 42.0 Å². The van der Waals surface area contributed by atoms with Crippen LogP contribution < -0.4 is 0 Å². The molecule has 1 heterocycles. The quantitative estimate of drug-likeness (QED) is 0.591. The molecular weight excluding hydrogens is 227 g/mol. The zero-order chi connectivity index (χ0) is 11.7. The molecule has 0 saturated heterocycles. The summed E-state index contributed by atoms with van der Waals surface area (Å²) in [4.78, 5) is 4.29. The fourth-order valence-corrected chi connectivity index (χ4v) is 1.91. The maximum absolute atomic E-state index is 13.0. The van der Waals surface area contributed by atoms with E-state index in [4.69, 9.17) is 11.6 Å². The molecule has 0 amide bonds. The molecule has 4 heteroatoms. The third kappa shape index (κ3) is 1.95. The van der Waals surface area contributed by atoms with Crippen molar-refractivity contribution in [1.82, 2.24) is 9.55 Å². The number of fused-ring (bicyclic) bond motifs is 1. The van der Waals surface area contributed by atoms with Gasteiger partial charge >= 0.3 is 0 Å². The lowest BCUT2D eigenvalue weighted by molar-refractivity contribution is 0.629. The zero-order valence-electron chi connectivity index (χ0n) is 9.00. The standard InChI is InChI=1S/C12H12ClFN2/c1-8(2)7-16-11-4-3-9(14)5-10(11)15-12(16)6-13/h3-5H,1,6-7H2,2H3. The van der Waals surface area contributed by atoms with Crippen molar-refractivity contribution in [2.75, 3.05) is 0 Å². The fourth-order valence-electron chi connectivity index (χ4n) is 1.70. The lowest BCUT2D eigenvalue weighted by Gasteiger charge is -2.06. The molecule has 0 radical (unpaired) electrons. The molecule has 0 aliphatic heterocycles. The Labute approximate surface area is 98.4 Å². The second-order valence-electron chi connectivity index (χ2n) is 3.84. The molecule has 0 aliphatic carbocycles. The van der Waals surface area contributed by atoms with Gasteiger partial charge in [0, 0.05) is 12.6 Å². The van der Waals surface area contributed by atoms with Crippen LogP contribution >= 0.6 is 11.6 Å². The van der Waals surface area contributed by atoms with Gasteiger partial charge in [-0.1, -0.05) is 12.2 Å². The average Bonchev–Trinajstić information content (AvgIpc) is 2.55. The Morgan fingerprint density at radius 3 is 2.94 bits per heavy atom. The molecule has 0 fully saturated rings. The first-order valence-corrected chi connectivity index (χ1v) is 5.50. The third-order valence-electron chi connectivity index (χ3n) is 2.34. The van der Waals surface area contributed by atoms with Crippen LogP contribution in [0, 0.1) is 5.82 Å². The molecule has 1 aromatic carbocycles. The van der Waals surface area contributed by atoms with Crippen molar-refractivity contribution >= 4 is 22.6 Å². The highest BCUT2D eigenvalue weighted by Gasteiger charge is 2.10. The van der Waals surface area contributed by atoms with Crippen molar-refractivity contribution in [3.63, 3.8) is 0 Å². The molecular formula is C12H12ClFN2. The maximum atomic E-state index is 13.0. The van der Waals surface area contributed by atoms with E-state index in [0.717, 1.165) is 16.9 Å². The van der Waals surface area contributed by atoms with Gasteiger partial charge < -0.3 is 4.57 Å². The van der Waals surface area contributed by atoms with E-state index in [9.17, 15) is 4.39 Å². The van der Waals surface area contributed by atoms with Crippen molar-refractivity contribution in [2.24, 2.45) is 0 Å². The topological polar surface area (TPSA) is 17.8 Å². The van der Waals surface area contributed by atoms with Crippen LogP contribution in [0.5, 0.6) is 0 Å². The smallest absolute Gasteiger partial charge is 0.125 e. The van der Waals surface area contributed by atoms with Crippen molar-refractivity contribution in [3.8, 4) is 0 Å². The van der Waals surface area contributed by atoms with E-state index in [1.807, 2.05) is 11.5 Å². The molecule has 0 aliphatic rings. The van der Waals surface area contributed by atoms with E-state index in [1.165, 1.54) is 12.1 Å². The Morgan fingerprint density at radius 1 is 1.56 bits per heavy atom. The summed E-state index contributed by atoms with van der Waals surface area (Å²) in [6.07, 6.45) is 0. The minimum absolute atomic E-state index is 0.284. The summed E-state index contributed by atoms with van der Waals surface area (Å²) in [5, 5.41) is 0. The lowest BCUT2D eigenvalue weighted by atomic mass is 10.3. The summed E-state index contributed by atoms with van der Waals surface area (Å²) in [6.45, 7) is 6.46. The molecule has 2 nitrogen and oxygen atoms in total. The number of rotatable bonds is 3. The van der Waals surface area contributed by atoms with E-state index in [1.54, 1.807) is 6.07 Å². The van der Waals surface area contributed by atoms with E-state index >= 15 is 0 Å². The number of imidazole rings is 1. The summed E-state index contributed by atoms with van der Waals surface area (Å²) in [5.74, 6) is 0.766. The molecule has 84 valence electrons. The largest absolute Gasteiger partial charge is 0.323 e. The first-order chi connectivity index (χ1) is 7.61. The number of allylic oxidation sites excluding steroid dienone is 1. The van der Waals surface area contributed by atoms with Crippen LogP contribution in [-0.4, -0.2) is 9.55 Å². The summed E-state index contributed by atoms with van der Waals surface area (Å²) in [7, 11) is 0. The number of alkyl halides is 1. The summed E-state index contributed by atoms with van der Waals surface area (Å²) < 4.78 is 15.0. The summed E-state index contributed by atoms with van der Waals surface area (Å²) in [6, 6.07) is 4.56. The van der Waals surface area contributed by atoms with Gasteiger partial charge in [0.2, 0.25) is 0 Å². The first-order valence-electron chi connectivity index (χ1n) is 4.97. The third-order valence-corrected chi connectivity index (χ3v) is 2.58. The van der Waals surface area contributed by atoms with E-state index in [-0.39, 0.29) is 5.82 Å². The molecule has 2 rings (SSSR count). The molecule has 0 unspecified atom stereocenters. The predicted molar refractivity (Wildman–Crippen MR) is 64.1 cm³/mol. The molecule has 1 aromatic heterocycles. The average molecular weight is 239 g/mol. The Hall–Kier alpha value is -1.35. The molecule has 2 aromatic rings. The van der Waals surface area contributed by atoms with Gasteiger partial charge in [-0.25, -0.2) is 9.37 Å². The number of hydrogen-bond donors (Lipinski definition) is 0. The Balaban J connectivity index is 2.63. The van der Waals surface area contributed by atoms with Gasteiger partial charge in [0.25, 0.3) is 0 Å². The first kappa shape index (κ1) is 11.1. The van der Waals surface area contributed by atoms with Crippen LogP contribution in [0.25, 0.3) is 11.0 Å². The molecule has 0 spiro atoms. The van der Waals surface area contributed by atoms with Crippen molar-refractivity contribution in [1.29, 1.82) is 0 Å². The van der Waals surface area contributed by atoms with Crippen LogP contribution in [0.15, 0.2) is 30.4 Å². The summed E-state index contributed by atoms with van der Waals surface area (Å²) in [5.41, 5.74) is 2.53. The van der Waals surface area contributed by atoms with Crippen LogP contribution in [-0.2, 0) is 12.4 Å². The SMILES string of the molecule is C=C(C)Cn1c(CCl)nc2cc(F)ccc21. The van der Waals surface area contributed by atoms with Crippen molar-refractivity contribution < 1.29 is 4.39 Å². The lowest BCUT2D eigenvalue weighted by Crippen LogP contribution is -2.02. The number of hydrogen-bond acceptors (Lipinski definition) is 1. The van der Waals surface area contributed by atoms with E-state index in [2.05, 4.69) is 11.6 Å². The minimum Gasteiger partial charge on any atom is -0.323 e. The minimum atomic E-state index is -0.284. The molecule has 0 bridgehead atoms. The second kappa shape index (κ2) is 4.26. The van der Waals surface area contributed by atoms with Crippen LogP contribution in [0.1, 0.15) is 12.7 Å². The van der Waals surface area contributed by atoms with Crippen LogP contribution in [0.2, 0.25) is 0 Å². The number of aromatic nitrogens is 2. The Kier molecular flexibility index (Phi) is 2.97. The van der Waals surface area contributed by atoms with Gasteiger partial charge in [-0.3, -0.25) is 0 Å². The molecule has 0 atom stereocenters. The number of nitrogens with zero attached hydrogens (tertiary/aromatic N) is 2. The Bertz CT molecular complexity index is 545. The van der Waals surface area contributed by atoms with Gasteiger partial charge in [0.1, 0.15) is 11.6 Å². The maximum Gasteiger partial charge on any atom is 0.125 e. The van der Waals surface area contributed by atoms with Gasteiger partial charge in [0.15, 0.2) is 0 Å². The van der Waals surface area contributed by atoms with E-state index in [0.29, 0.717) is 17.9 Å². The Morgan fingerprint density at radius 2 is 2.31 bits per heavy atom. The predicted octanol–water partition coefficient (Wildman–Crippen LogP) is 3.49. The van der Waals surface area contributed by atoms with Gasteiger partial charge in [0.05, 0.1) is 16.9 Å². The van der Waals surface area contributed by atoms with Crippen molar-refractivity contribution in [2.45, 2.75) is 19.3 Å². The van der Waals surface area contributed by atoms with Gasteiger partial charge in [-0.15, -0.1) is 11.6 Å². The second-order valence-corrected chi connectivity index (χ2v) is 4.11.